The Hall–Kier alpha value is -0.950. The van der Waals surface area contributed by atoms with Crippen LogP contribution < -0.4 is 0 Å². The molecule has 0 amide bonds. The Labute approximate surface area is 101 Å². The molecule has 16 heavy (non-hydrogen) atoms. The molecule has 2 nitrogen and oxygen atoms in total. The fourth-order valence-corrected chi connectivity index (χ4v) is 1.82. The van der Waals surface area contributed by atoms with E-state index in [4.69, 9.17) is 5.11 Å². The van der Waals surface area contributed by atoms with E-state index >= 15 is 0 Å². The van der Waals surface area contributed by atoms with E-state index in [9.17, 15) is 5.11 Å². The summed E-state index contributed by atoms with van der Waals surface area (Å²) in [6.45, 7) is 1.43. The Morgan fingerprint density at radius 1 is 1.31 bits per heavy atom. The lowest BCUT2D eigenvalue weighted by Crippen LogP contribution is -2.24. The van der Waals surface area contributed by atoms with Crippen LogP contribution in [0.2, 0.25) is 0 Å². The van der Waals surface area contributed by atoms with Crippen LogP contribution >= 0.6 is 11.8 Å². The quantitative estimate of drug-likeness (QED) is 0.620. The summed E-state index contributed by atoms with van der Waals surface area (Å²) in [6, 6.07) is 8.02. The van der Waals surface area contributed by atoms with E-state index in [-0.39, 0.29) is 6.61 Å². The van der Waals surface area contributed by atoms with Crippen molar-refractivity contribution in [3.63, 3.8) is 0 Å². The van der Waals surface area contributed by atoms with E-state index < -0.39 is 5.60 Å². The molecule has 1 unspecified atom stereocenters. The maximum atomic E-state index is 9.94. The van der Waals surface area contributed by atoms with Gasteiger partial charge in [0, 0.05) is 11.3 Å². The highest BCUT2D eigenvalue weighted by Gasteiger charge is 2.17. The van der Waals surface area contributed by atoms with Crippen LogP contribution in [0, 0.1) is 11.8 Å². The lowest BCUT2D eigenvalue weighted by Gasteiger charge is -2.16. The van der Waals surface area contributed by atoms with E-state index in [0.717, 1.165) is 5.56 Å². The number of rotatable bonds is 3. The number of hydrogen-bond donors (Lipinski definition) is 2. The van der Waals surface area contributed by atoms with Crippen LogP contribution in [-0.2, 0) is 6.42 Å². The second-order valence-corrected chi connectivity index (χ2v) is 4.64. The largest absolute Gasteiger partial charge is 0.384 e. The van der Waals surface area contributed by atoms with Crippen LogP contribution in [-0.4, -0.2) is 28.7 Å². The van der Waals surface area contributed by atoms with Gasteiger partial charge in [0.05, 0.1) is 0 Å². The Morgan fingerprint density at radius 3 is 2.44 bits per heavy atom. The SMILES string of the molecule is CSc1ccc(CC(C)(O)C#CCO)cc1. The third kappa shape index (κ3) is 4.28. The first-order chi connectivity index (χ1) is 7.57. The van der Waals surface area contributed by atoms with Crippen LogP contribution in [0.1, 0.15) is 12.5 Å². The first kappa shape index (κ1) is 13.1. The molecule has 0 aliphatic rings. The lowest BCUT2D eigenvalue weighted by molar-refractivity contribution is 0.122. The Morgan fingerprint density at radius 2 is 1.94 bits per heavy atom. The maximum Gasteiger partial charge on any atom is 0.126 e. The molecule has 0 aliphatic heterocycles. The van der Waals surface area contributed by atoms with Gasteiger partial charge in [-0.15, -0.1) is 11.8 Å². The van der Waals surface area contributed by atoms with Gasteiger partial charge in [-0.05, 0) is 30.9 Å². The van der Waals surface area contributed by atoms with Gasteiger partial charge < -0.3 is 10.2 Å². The predicted molar refractivity (Wildman–Crippen MR) is 67.4 cm³/mol. The number of aliphatic hydroxyl groups excluding tert-OH is 1. The molecule has 1 rings (SSSR count). The summed E-state index contributed by atoms with van der Waals surface area (Å²) in [5.74, 6) is 5.12. The van der Waals surface area contributed by atoms with Crippen molar-refractivity contribution in [1.29, 1.82) is 0 Å². The van der Waals surface area contributed by atoms with Crippen LogP contribution in [0.5, 0.6) is 0 Å². The molecule has 0 heterocycles. The average molecular weight is 236 g/mol. The summed E-state index contributed by atoms with van der Waals surface area (Å²) in [7, 11) is 0. The zero-order valence-electron chi connectivity index (χ0n) is 9.53. The highest BCUT2D eigenvalue weighted by atomic mass is 32.2. The minimum absolute atomic E-state index is 0.221. The average Bonchev–Trinajstić information content (AvgIpc) is 2.27. The summed E-state index contributed by atoms with van der Waals surface area (Å²) in [6.07, 6.45) is 2.49. The molecule has 0 saturated carbocycles. The van der Waals surface area contributed by atoms with Gasteiger partial charge in [0.25, 0.3) is 0 Å². The number of thioether (sulfide) groups is 1. The zero-order chi connectivity index (χ0) is 12.0. The number of hydrogen-bond acceptors (Lipinski definition) is 3. The van der Waals surface area contributed by atoms with Crippen molar-refractivity contribution in [2.24, 2.45) is 0 Å². The van der Waals surface area contributed by atoms with Crippen molar-refractivity contribution in [3.8, 4) is 11.8 Å². The second-order valence-electron chi connectivity index (χ2n) is 3.76. The molecule has 3 heteroatoms. The van der Waals surface area contributed by atoms with Gasteiger partial charge in [-0.3, -0.25) is 0 Å². The molecule has 0 spiro atoms. The molecule has 0 bridgehead atoms. The van der Waals surface area contributed by atoms with Crippen molar-refractivity contribution in [1.82, 2.24) is 0 Å². The molecule has 1 atom stereocenters. The maximum absolute atomic E-state index is 9.94. The van der Waals surface area contributed by atoms with Gasteiger partial charge in [-0.2, -0.15) is 0 Å². The first-order valence-electron chi connectivity index (χ1n) is 5.03. The van der Waals surface area contributed by atoms with Gasteiger partial charge in [-0.25, -0.2) is 0 Å². The van der Waals surface area contributed by atoms with Crippen molar-refractivity contribution in [2.75, 3.05) is 12.9 Å². The van der Waals surface area contributed by atoms with Crippen molar-refractivity contribution in [3.05, 3.63) is 29.8 Å². The van der Waals surface area contributed by atoms with E-state index in [1.807, 2.05) is 30.5 Å². The molecule has 1 aromatic rings. The fourth-order valence-electron chi connectivity index (χ4n) is 1.42. The minimum Gasteiger partial charge on any atom is -0.384 e. The lowest BCUT2D eigenvalue weighted by atomic mass is 9.97. The van der Waals surface area contributed by atoms with Gasteiger partial charge in [0.1, 0.15) is 12.2 Å². The third-order valence-corrected chi connectivity index (χ3v) is 2.89. The minimum atomic E-state index is -1.08. The Kier molecular flexibility index (Phi) is 4.88. The van der Waals surface area contributed by atoms with E-state index in [2.05, 4.69) is 11.8 Å². The van der Waals surface area contributed by atoms with E-state index in [1.54, 1.807) is 18.7 Å². The topological polar surface area (TPSA) is 40.5 Å². The van der Waals surface area contributed by atoms with Crippen LogP contribution in [0.15, 0.2) is 29.2 Å². The standard InChI is InChI=1S/C13H16O2S/c1-13(15,8-3-9-14)10-11-4-6-12(16-2)7-5-11/h4-7,14-15H,9-10H2,1-2H3. The summed E-state index contributed by atoms with van der Waals surface area (Å²) < 4.78 is 0. The highest BCUT2D eigenvalue weighted by molar-refractivity contribution is 7.98. The fraction of sp³-hybridized carbons (Fsp3) is 0.385. The number of benzene rings is 1. The monoisotopic (exact) mass is 236 g/mol. The van der Waals surface area contributed by atoms with Gasteiger partial charge >= 0.3 is 0 Å². The van der Waals surface area contributed by atoms with Crippen LogP contribution in [0.4, 0.5) is 0 Å². The summed E-state index contributed by atoms with van der Waals surface area (Å²) in [5, 5.41) is 18.5. The van der Waals surface area contributed by atoms with Crippen molar-refractivity contribution in [2.45, 2.75) is 23.8 Å². The number of aliphatic hydroxyl groups is 2. The zero-order valence-corrected chi connectivity index (χ0v) is 10.3. The molecule has 0 fully saturated rings. The first-order valence-corrected chi connectivity index (χ1v) is 6.26. The van der Waals surface area contributed by atoms with Gasteiger partial charge in [-0.1, -0.05) is 24.0 Å². The molecular weight excluding hydrogens is 220 g/mol. The van der Waals surface area contributed by atoms with Crippen LogP contribution in [0.3, 0.4) is 0 Å². The van der Waals surface area contributed by atoms with Crippen molar-refractivity contribution >= 4 is 11.8 Å². The summed E-state index contributed by atoms with van der Waals surface area (Å²) in [4.78, 5) is 1.20. The molecule has 0 aromatic heterocycles. The molecule has 2 N–H and O–H groups in total. The molecule has 0 aliphatic carbocycles. The normalized spacial score (nSPS) is 13.8. The Bertz CT molecular complexity index is 385. The third-order valence-electron chi connectivity index (χ3n) is 2.14. The highest BCUT2D eigenvalue weighted by Crippen LogP contribution is 2.18. The van der Waals surface area contributed by atoms with E-state index in [1.165, 1.54) is 4.90 Å². The van der Waals surface area contributed by atoms with Gasteiger partial charge in [0.2, 0.25) is 0 Å². The smallest absolute Gasteiger partial charge is 0.126 e. The molecule has 0 saturated heterocycles. The van der Waals surface area contributed by atoms with E-state index in [0.29, 0.717) is 6.42 Å². The Balaban J connectivity index is 2.72. The molecule has 86 valence electrons. The molecular formula is C13H16O2S. The molecule has 1 aromatic carbocycles. The van der Waals surface area contributed by atoms with Gasteiger partial charge in [0.15, 0.2) is 0 Å². The van der Waals surface area contributed by atoms with Crippen molar-refractivity contribution < 1.29 is 10.2 Å². The molecule has 0 radical (unpaired) electrons. The summed E-state index contributed by atoms with van der Waals surface area (Å²) in [5.41, 5.74) is -0.0427. The predicted octanol–water partition coefficient (Wildman–Crippen LogP) is 1.70. The second kappa shape index (κ2) is 5.95. The van der Waals surface area contributed by atoms with Crippen LogP contribution in [0.25, 0.3) is 0 Å². The summed E-state index contributed by atoms with van der Waals surface area (Å²) >= 11 is 1.69.